The first-order valence-corrected chi connectivity index (χ1v) is 7.61. The van der Waals surface area contributed by atoms with Gasteiger partial charge >= 0.3 is 0 Å². The standard InChI is InChI=1S/C14H20N2OS.ClH/c1-18-13-8-3-2-7-12(13)16-14(17)9-10-5-4-6-11(10)15;/h2-3,7-8,10-11H,4-6,9,15H2,1H3,(H,16,17);1H/t10-,11+;/m0./s1. The number of nitrogens with two attached hydrogens (primary N) is 1. The number of hydrogen-bond acceptors (Lipinski definition) is 3. The van der Waals surface area contributed by atoms with Crippen molar-refractivity contribution >= 4 is 35.8 Å². The fourth-order valence-electron chi connectivity index (χ4n) is 2.51. The molecule has 3 nitrogen and oxygen atoms in total. The SMILES string of the molecule is CSc1ccccc1NC(=O)C[C@@H]1CCC[C@H]1N.Cl. The van der Waals surface area contributed by atoms with E-state index in [2.05, 4.69) is 5.32 Å². The number of benzene rings is 1. The van der Waals surface area contributed by atoms with Gasteiger partial charge in [0.2, 0.25) is 5.91 Å². The molecule has 0 aliphatic heterocycles. The average molecular weight is 301 g/mol. The number of para-hydroxylation sites is 1. The number of carbonyl (C=O) groups excluding carboxylic acids is 1. The molecule has 1 fully saturated rings. The molecule has 19 heavy (non-hydrogen) atoms. The lowest BCUT2D eigenvalue weighted by atomic mass is 10.00. The third-order valence-electron chi connectivity index (χ3n) is 3.55. The van der Waals surface area contributed by atoms with Gasteiger partial charge in [-0.2, -0.15) is 0 Å². The normalized spacial score (nSPS) is 21.8. The van der Waals surface area contributed by atoms with E-state index in [4.69, 9.17) is 5.73 Å². The molecule has 1 aliphatic carbocycles. The summed E-state index contributed by atoms with van der Waals surface area (Å²) in [5.41, 5.74) is 6.90. The van der Waals surface area contributed by atoms with Crippen molar-refractivity contribution in [2.45, 2.75) is 36.6 Å². The maximum Gasteiger partial charge on any atom is 0.224 e. The number of hydrogen-bond donors (Lipinski definition) is 2. The van der Waals surface area contributed by atoms with Crippen LogP contribution in [0.4, 0.5) is 5.69 Å². The van der Waals surface area contributed by atoms with Gasteiger partial charge in [-0.1, -0.05) is 18.6 Å². The molecular formula is C14H21ClN2OS. The fraction of sp³-hybridized carbons (Fsp3) is 0.500. The number of amides is 1. The summed E-state index contributed by atoms with van der Waals surface area (Å²) in [4.78, 5) is 13.1. The van der Waals surface area contributed by atoms with Crippen molar-refractivity contribution in [1.82, 2.24) is 0 Å². The lowest BCUT2D eigenvalue weighted by Crippen LogP contribution is -2.28. The van der Waals surface area contributed by atoms with Crippen molar-refractivity contribution in [3.63, 3.8) is 0 Å². The van der Waals surface area contributed by atoms with Crippen molar-refractivity contribution in [2.24, 2.45) is 11.7 Å². The van der Waals surface area contributed by atoms with Gasteiger partial charge in [0.1, 0.15) is 0 Å². The largest absolute Gasteiger partial charge is 0.327 e. The number of thioether (sulfide) groups is 1. The van der Waals surface area contributed by atoms with Gasteiger partial charge in [0, 0.05) is 17.4 Å². The molecule has 0 heterocycles. The van der Waals surface area contributed by atoms with Gasteiger partial charge in [0.05, 0.1) is 5.69 Å². The Kier molecular flexibility index (Phi) is 6.69. The average Bonchev–Trinajstić information content (AvgIpc) is 2.75. The van der Waals surface area contributed by atoms with Crippen molar-refractivity contribution in [1.29, 1.82) is 0 Å². The highest BCUT2D eigenvalue weighted by molar-refractivity contribution is 7.98. The highest BCUT2D eigenvalue weighted by atomic mass is 35.5. The smallest absolute Gasteiger partial charge is 0.224 e. The van der Waals surface area contributed by atoms with Crippen LogP contribution >= 0.6 is 24.2 Å². The maximum absolute atomic E-state index is 12.0. The minimum Gasteiger partial charge on any atom is -0.327 e. The summed E-state index contributed by atoms with van der Waals surface area (Å²) in [6.07, 6.45) is 5.85. The Balaban J connectivity index is 0.00000180. The van der Waals surface area contributed by atoms with E-state index in [1.54, 1.807) is 11.8 Å². The maximum atomic E-state index is 12.0. The second kappa shape index (κ2) is 7.78. The van der Waals surface area contributed by atoms with E-state index in [0.29, 0.717) is 12.3 Å². The van der Waals surface area contributed by atoms with E-state index in [1.807, 2.05) is 30.5 Å². The molecule has 0 saturated heterocycles. The molecule has 2 rings (SSSR count). The Labute approximate surface area is 125 Å². The zero-order chi connectivity index (χ0) is 13.0. The van der Waals surface area contributed by atoms with Gasteiger partial charge in [0.15, 0.2) is 0 Å². The lowest BCUT2D eigenvalue weighted by molar-refractivity contribution is -0.117. The molecule has 1 aliphatic rings. The highest BCUT2D eigenvalue weighted by Gasteiger charge is 2.26. The van der Waals surface area contributed by atoms with Gasteiger partial charge in [0.25, 0.3) is 0 Å². The summed E-state index contributed by atoms with van der Waals surface area (Å²) in [7, 11) is 0. The van der Waals surface area contributed by atoms with Crippen molar-refractivity contribution in [3.05, 3.63) is 24.3 Å². The first-order chi connectivity index (χ1) is 8.70. The Morgan fingerprint density at radius 2 is 2.16 bits per heavy atom. The van der Waals surface area contributed by atoms with Gasteiger partial charge in [-0.25, -0.2) is 0 Å². The van der Waals surface area contributed by atoms with E-state index >= 15 is 0 Å². The van der Waals surface area contributed by atoms with Crippen LogP contribution in [0.2, 0.25) is 0 Å². The van der Waals surface area contributed by atoms with Crippen LogP contribution in [0.15, 0.2) is 29.2 Å². The minimum absolute atomic E-state index is 0. The quantitative estimate of drug-likeness (QED) is 0.839. The van der Waals surface area contributed by atoms with Crippen molar-refractivity contribution < 1.29 is 4.79 Å². The predicted molar refractivity (Wildman–Crippen MR) is 84.0 cm³/mol. The monoisotopic (exact) mass is 300 g/mol. The van der Waals surface area contributed by atoms with Crippen LogP contribution in [0.25, 0.3) is 0 Å². The van der Waals surface area contributed by atoms with E-state index in [9.17, 15) is 4.79 Å². The first-order valence-electron chi connectivity index (χ1n) is 6.39. The Bertz CT molecular complexity index is 428. The molecule has 106 valence electrons. The van der Waals surface area contributed by atoms with Gasteiger partial charge < -0.3 is 11.1 Å². The van der Waals surface area contributed by atoms with Crippen molar-refractivity contribution in [3.8, 4) is 0 Å². The van der Waals surface area contributed by atoms with E-state index in [-0.39, 0.29) is 24.4 Å². The summed E-state index contributed by atoms with van der Waals surface area (Å²) in [6.45, 7) is 0. The van der Waals surface area contributed by atoms with Gasteiger partial charge in [-0.05, 0) is 37.1 Å². The lowest BCUT2D eigenvalue weighted by Gasteiger charge is -2.15. The molecule has 0 bridgehead atoms. The third kappa shape index (κ3) is 4.41. The van der Waals surface area contributed by atoms with Crippen LogP contribution in [0.5, 0.6) is 0 Å². The van der Waals surface area contributed by atoms with Crippen LogP contribution in [-0.4, -0.2) is 18.2 Å². The number of rotatable bonds is 4. The first kappa shape index (κ1) is 16.3. The number of carbonyl (C=O) groups is 1. The summed E-state index contributed by atoms with van der Waals surface area (Å²) in [6, 6.07) is 8.08. The molecule has 1 saturated carbocycles. The molecule has 3 N–H and O–H groups in total. The highest BCUT2D eigenvalue weighted by Crippen LogP contribution is 2.28. The molecular weight excluding hydrogens is 280 g/mol. The second-order valence-electron chi connectivity index (χ2n) is 4.81. The van der Waals surface area contributed by atoms with E-state index in [0.717, 1.165) is 29.8 Å². The molecule has 5 heteroatoms. The molecule has 1 aromatic carbocycles. The molecule has 0 aromatic heterocycles. The van der Waals surface area contributed by atoms with Gasteiger partial charge in [-0.3, -0.25) is 4.79 Å². The van der Waals surface area contributed by atoms with Crippen molar-refractivity contribution in [2.75, 3.05) is 11.6 Å². The summed E-state index contributed by atoms with van der Waals surface area (Å²) in [5.74, 6) is 0.435. The fourth-order valence-corrected chi connectivity index (χ4v) is 3.06. The summed E-state index contributed by atoms with van der Waals surface area (Å²) >= 11 is 1.64. The van der Waals surface area contributed by atoms with Crippen LogP contribution < -0.4 is 11.1 Å². The zero-order valence-electron chi connectivity index (χ0n) is 11.1. The van der Waals surface area contributed by atoms with E-state index in [1.165, 1.54) is 0 Å². The Morgan fingerprint density at radius 3 is 2.79 bits per heavy atom. The number of anilines is 1. The summed E-state index contributed by atoms with van der Waals surface area (Å²) in [5, 5.41) is 2.99. The molecule has 1 aromatic rings. The van der Waals surface area contributed by atoms with E-state index < -0.39 is 0 Å². The minimum atomic E-state index is 0. The topological polar surface area (TPSA) is 55.1 Å². The molecule has 0 spiro atoms. The van der Waals surface area contributed by atoms with Crippen LogP contribution in [0, 0.1) is 5.92 Å². The zero-order valence-corrected chi connectivity index (χ0v) is 12.7. The predicted octanol–water partition coefficient (Wildman–Crippen LogP) is 3.29. The molecule has 0 unspecified atom stereocenters. The molecule has 2 atom stereocenters. The van der Waals surface area contributed by atoms with Crippen LogP contribution in [0.3, 0.4) is 0 Å². The summed E-state index contributed by atoms with van der Waals surface area (Å²) < 4.78 is 0. The number of halogens is 1. The Hall–Kier alpha value is -0.710. The third-order valence-corrected chi connectivity index (χ3v) is 4.34. The Morgan fingerprint density at radius 1 is 1.42 bits per heavy atom. The van der Waals surface area contributed by atoms with Crippen LogP contribution in [0.1, 0.15) is 25.7 Å². The number of nitrogens with one attached hydrogen (secondary N) is 1. The molecule has 0 radical (unpaired) electrons. The van der Waals surface area contributed by atoms with Gasteiger partial charge in [-0.15, -0.1) is 24.2 Å². The second-order valence-corrected chi connectivity index (χ2v) is 5.66. The van der Waals surface area contributed by atoms with Crippen LogP contribution in [-0.2, 0) is 4.79 Å². The molecule has 1 amide bonds.